The van der Waals surface area contributed by atoms with Crippen LogP contribution in [0.25, 0.3) is 0 Å². The lowest BCUT2D eigenvalue weighted by atomic mass is 10.1. The third-order valence-electron chi connectivity index (χ3n) is 4.04. The molecule has 0 aliphatic rings. The molecule has 19 heavy (non-hydrogen) atoms. The van der Waals surface area contributed by atoms with Gasteiger partial charge in [0.25, 0.3) is 0 Å². The Labute approximate surface area is 124 Å². The first-order valence-electron chi connectivity index (χ1n) is 7.03. The summed E-state index contributed by atoms with van der Waals surface area (Å²) >= 11 is 1.79. The molecule has 1 aromatic rings. The van der Waals surface area contributed by atoms with E-state index in [4.69, 9.17) is 4.43 Å². The highest BCUT2D eigenvalue weighted by Gasteiger charge is 2.36. The van der Waals surface area contributed by atoms with Gasteiger partial charge in [-0.1, -0.05) is 32.9 Å². The van der Waals surface area contributed by atoms with Gasteiger partial charge in [-0.3, -0.25) is 0 Å². The van der Waals surface area contributed by atoms with Crippen molar-refractivity contribution in [3.63, 3.8) is 0 Å². The first-order chi connectivity index (χ1) is 8.76. The molecule has 108 valence electrons. The lowest BCUT2D eigenvalue weighted by molar-refractivity contribution is 0.282. The Bertz CT molecular complexity index is 379. The fourth-order valence-electron chi connectivity index (χ4n) is 1.61. The molecular weight excluding hydrogens is 268 g/mol. The second kappa shape index (κ2) is 6.96. The molecule has 1 aromatic carbocycles. The molecule has 1 rings (SSSR count). The van der Waals surface area contributed by atoms with Crippen molar-refractivity contribution in [1.29, 1.82) is 0 Å². The van der Waals surface area contributed by atoms with Crippen LogP contribution in [0.3, 0.4) is 0 Å². The minimum Gasteiger partial charge on any atom is -0.417 e. The lowest BCUT2D eigenvalue weighted by Crippen LogP contribution is -2.41. The van der Waals surface area contributed by atoms with Crippen LogP contribution in [0.5, 0.6) is 0 Å². The minimum atomic E-state index is -1.56. The average molecular weight is 297 g/mol. The summed E-state index contributed by atoms with van der Waals surface area (Å²) in [4.78, 5) is 1.33. The molecule has 0 amide bonds. The Balaban J connectivity index is 2.34. The highest BCUT2D eigenvalue weighted by atomic mass is 32.2. The number of hydrogen-bond donors (Lipinski definition) is 0. The minimum absolute atomic E-state index is 0.312. The molecule has 0 saturated carbocycles. The zero-order valence-corrected chi connectivity index (χ0v) is 15.1. The maximum atomic E-state index is 6.20. The zero-order chi connectivity index (χ0) is 14.5. The summed E-state index contributed by atoms with van der Waals surface area (Å²) in [7, 11) is -1.56. The van der Waals surface area contributed by atoms with Crippen LogP contribution in [0, 0.1) is 0 Å². The maximum Gasteiger partial charge on any atom is 0.191 e. The highest BCUT2D eigenvalue weighted by Crippen LogP contribution is 2.36. The van der Waals surface area contributed by atoms with E-state index in [1.54, 1.807) is 11.8 Å². The SMILES string of the molecule is CSc1ccc(CCCO[Si](C)(C)C(C)(C)C)cc1. The summed E-state index contributed by atoms with van der Waals surface area (Å²) in [5.41, 5.74) is 1.41. The quantitative estimate of drug-likeness (QED) is 0.397. The van der Waals surface area contributed by atoms with Crippen molar-refractivity contribution < 1.29 is 4.43 Å². The average Bonchev–Trinajstić information content (AvgIpc) is 2.34. The number of aryl methyl sites for hydroxylation is 1. The Morgan fingerprint density at radius 1 is 1.11 bits per heavy atom. The van der Waals surface area contributed by atoms with Crippen LogP contribution < -0.4 is 0 Å². The predicted molar refractivity (Wildman–Crippen MR) is 89.7 cm³/mol. The van der Waals surface area contributed by atoms with E-state index >= 15 is 0 Å². The van der Waals surface area contributed by atoms with Gasteiger partial charge in [-0.25, -0.2) is 0 Å². The van der Waals surface area contributed by atoms with E-state index < -0.39 is 8.32 Å². The fraction of sp³-hybridized carbons (Fsp3) is 0.625. The summed E-state index contributed by atoms with van der Waals surface area (Å²) < 4.78 is 6.20. The van der Waals surface area contributed by atoms with Gasteiger partial charge in [0.15, 0.2) is 8.32 Å². The van der Waals surface area contributed by atoms with Gasteiger partial charge in [-0.15, -0.1) is 11.8 Å². The first kappa shape index (κ1) is 16.8. The van der Waals surface area contributed by atoms with E-state index in [1.165, 1.54) is 10.5 Å². The molecule has 0 aliphatic heterocycles. The molecular formula is C16H28OSSi. The van der Waals surface area contributed by atoms with Crippen LogP contribution in [0.2, 0.25) is 18.1 Å². The van der Waals surface area contributed by atoms with E-state index in [-0.39, 0.29) is 0 Å². The summed E-state index contributed by atoms with van der Waals surface area (Å²) in [5.74, 6) is 0. The molecule has 1 nitrogen and oxygen atoms in total. The molecule has 0 saturated heterocycles. The maximum absolute atomic E-state index is 6.20. The van der Waals surface area contributed by atoms with E-state index in [9.17, 15) is 0 Å². The molecule has 0 radical (unpaired) electrons. The molecule has 0 fully saturated rings. The number of thioether (sulfide) groups is 1. The Hall–Kier alpha value is -0.253. The van der Waals surface area contributed by atoms with Crippen LogP contribution in [0.4, 0.5) is 0 Å². The third kappa shape index (κ3) is 5.33. The third-order valence-corrected chi connectivity index (χ3v) is 9.32. The molecule has 0 aromatic heterocycles. The van der Waals surface area contributed by atoms with Crippen molar-refractivity contribution in [2.24, 2.45) is 0 Å². The van der Waals surface area contributed by atoms with Crippen molar-refractivity contribution >= 4 is 20.1 Å². The second-order valence-corrected chi connectivity index (χ2v) is 12.2. The Kier molecular flexibility index (Phi) is 6.15. The van der Waals surface area contributed by atoms with Crippen LogP contribution in [0.15, 0.2) is 29.2 Å². The van der Waals surface area contributed by atoms with Gasteiger partial charge in [0.2, 0.25) is 0 Å². The molecule has 0 bridgehead atoms. The van der Waals surface area contributed by atoms with Crippen LogP contribution in [0.1, 0.15) is 32.8 Å². The normalized spacial score (nSPS) is 12.7. The molecule has 0 unspecified atom stereocenters. The second-order valence-electron chi connectivity index (χ2n) is 6.56. The first-order valence-corrected chi connectivity index (χ1v) is 11.2. The van der Waals surface area contributed by atoms with Gasteiger partial charge in [0.05, 0.1) is 0 Å². The van der Waals surface area contributed by atoms with Gasteiger partial charge < -0.3 is 4.43 Å². The van der Waals surface area contributed by atoms with E-state index in [1.807, 2.05) is 0 Å². The standard InChI is InChI=1S/C16H28OSSi/c1-16(2,3)19(5,6)17-13-7-8-14-9-11-15(18-4)12-10-14/h9-12H,7-8,13H2,1-6H3. The van der Waals surface area contributed by atoms with Crippen LogP contribution >= 0.6 is 11.8 Å². The lowest BCUT2D eigenvalue weighted by Gasteiger charge is -2.36. The van der Waals surface area contributed by atoms with Crippen LogP contribution in [-0.2, 0) is 10.8 Å². The Morgan fingerprint density at radius 2 is 1.68 bits per heavy atom. The molecule has 0 aliphatic carbocycles. The van der Waals surface area contributed by atoms with E-state index in [0.29, 0.717) is 5.04 Å². The van der Waals surface area contributed by atoms with Crippen molar-refractivity contribution in [2.75, 3.05) is 12.9 Å². The summed E-state index contributed by atoms with van der Waals surface area (Å²) in [6, 6.07) is 8.87. The molecule has 0 heterocycles. The monoisotopic (exact) mass is 296 g/mol. The van der Waals surface area contributed by atoms with Gasteiger partial charge in [-0.2, -0.15) is 0 Å². The van der Waals surface area contributed by atoms with Gasteiger partial charge in [0, 0.05) is 11.5 Å². The predicted octanol–water partition coefficient (Wildman–Crippen LogP) is 5.36. The van der Waals surface area contributed by atoms with E-state index in [0.717, 1.165) is 19.4 Å². The van der Waals surface area contributed by atoms with Crippen molar-refractivity contribution in [3.8, 4) is 0 Å². The zero-order valence-electron chi connectivity index (χ0n) is 13.2. The highest BCUT2D eigenvalue weighted by molar-refractivity contribution is 7.98. The van der Waals surface area contributed by atoms with Crippen molar-refractivity contribution in [1.82, 2.24) is 0 Å². The van der Waals surface area contributed by atoms with Crippen LogP contribution in [-0.4, -0.2) is 21.2 Å². The number of rotatable bonds is 6. The Morgan fingerprint density at radius 3 is 2.16 bits per heavy atom. The molecule has 0 atom stereocenters. The van der Waals surface area contributed by atoms with Gasteiger partial charge in [-0.05, 0) is 54.9 Å². The topological polar surface area (TPSA) is 9.23 Å². The molecule has 0 N–H and O–H groups in total. The van der Waals surface area contributed by atoms with Crippen molar-refractivity contribution in [3.05, 3.63) is 29.8 Å². The fourth-order valence-corrected chi connectivity index (χ4v) is 3.11. The van der Waals surface area contributed by atoms with Gasteiger partial charge >= 0.3 is 0 Å². The van der Waals surface area contributed by atoms with Gasteiger partial charge in [0.1, 0.15) is 0 Å². The largest absolute Gasteiger partial charge is 0.417 e. The number of hydrogen-bond acceptors (Lipinski definition) is 2. The van der Waals surface area contributed by atoms with E-state index in [2.05, 4.69) is 64.4 Å². The molecule has 0 spiro atoms. The smallest absolute Gasteiger partial charge is 0.191 e. The van der Waals surface area contributed by atoms with Crippen molar-refractivity contribution in [2.45, 2.75) is 56.6 Å². The molecule has 3 heteroatoms. The number of benzene rings is 1. The summed E-state index contributed by atoms with van der Waals surface area (Å²) in [5, 5.41) is 0.312. The summed E-state index contributed by atoms with van der Waals surface area (Å²) in [6.07, 6.45) is 4.34. The summed E-state index contributed by atoms with van der Waals surface area (Å²) in [6.45, 7) is 12.4.